The van der Waals surface area contributed by atoms with Crippen molar-refractivity contribution >= 4 is 12.0 Å². The molecule has 1 aromatic heterocycles. The van der Waals surface area contributed by atoms with Gasteiger partial charge in [-0.25, -0.2) is 14.8 Å². The molecule has 3 aromatic rings. The van der Waals surface area contributed by atoms with Gasteiger partial charge in [0.15, 0.2) is 5.82 Å². The monoisotopic (exact) mass is 368 g/mol. The Morgan fingerprint density at radius 2 is 1.54 bits per heavy atom. The second-order valence-corrected chi connectivity index (χ2v) is 6.04. The van der Waals surface area contributed by atoms with Crippen molar-refractivity contribution in [2.24, 2.45) is 0 Å². The molecule has 1 heterocycles. The van der Waals surface area contributed by atoms with Gasteiger partial charge >= 0.3 is 5.97 Å². The summed E-state index contributed by atoms with van der Waals surface area (Å²) in [5.74, 6) is -0.389. The molecular formula is C24H20N2O2. The molecule has 28 heavy (non-hydrogen) atoms. The maximum Gasteiger partial charge on any atom is 0.335 e. The first-order chi connectivity index (χ1) is 13.7. The number of benzene rings is 2. The predicted octanol–water partition coefficient (Wildman–Crippen LogP) is 5.65. The molecule has 0 saturated heterocycles. The summed E-state index contributed by atoms with van der Waals surface area (Å²) >= 11 is 0. The number of carboxylic acids is 1. The Kier molecular flexibility index (Phi) is 6.26. The number of nitrogens with zero attached hydrogens (tertiary/aromatic N) is 2. The lowest BCUT2D eigenvalue weighted by Gasteiger charge is -2.05. The molecule has 0 unspecified atom stereocenters. The van der Waals surface area contributed by atoms with E-state index in [0.717, 1.165) is 22.4 Å². The molecule has 4 heteroatoms. The fourth-order valence-corrected chi connectivity index (χ4v) is 2.59. The number of carboxylic acid groups (broad SMARTS) is 1. The topological polar surface area (TPSA) is 63.1 Å². The van der Waals surface area contributed by atoms with E-state index in [1.165, 1.54) is 0 Å². The van der Waals surface area contributed by atoms with Crippen LogP contribution in [-0.4, -0.2) is 21.0 Å². The Morgan fingerprint density at radius 3 is 2.21 bits per heavy atom. The molecule has 0 atom stereocenters. The number of aromatic nitrogens is 2. The summed E-state index contributed by atoms with van der Waals surface area (Å²) in [6.45, 7) is 1.98. The lowest BCUT2D eigenvalue weighted by molar-refractivity contribution is 0.0697. The summed E-state index contributed by atoms with van der Waals surface area (Å²) in [5.41, 5.74) is 3.93. The summed E-state index contributed by atoms with van der Waals surface area (Å²) in [4.78, 5) is 19.9. The number of carbonyl (C=O) groups is 1. The quantitative estimate of drug-likeness (QED) is 0.571. The van der Waals surface area contributed by atoms with E-state index >= 15 is 0 Å². The van der Waals surface area contributed by atoms with Gasteiger partial charge in [0.25, 0.3) is 0 Å². The highest BCUT2D eigenvalue weighted by Crippen LogP contribution is 2.22. The Hall–Kier alpha value is -3.79. The molecule has 0 spiro atoms. The minimum Gasteiger partial charge on any atom is -0.478 e. The zero-order valence-corrected chi connectivity index (χ0v) is 15.5. The van der Waals surface area contributed by atoms with Crippen LogP contribution < -0.4 is 0 Å². The zero-order chi connectivity index (χ0) is 19.8. The van der Waals surface area contributed by atoms with Crippen molar-refractivity contribution in [3.63, 3.8) is 0 Å². The highest BCUT2D eigenvalue weighted by Gasteiger charge is 2.07. The zero-order valence-electron chi connectivity index (χ0n) is 15.5. The molecule has 138 valence electrons. The van der Waals surface area contributed by atoms with Crippen LogP contribution in [0.15, 0.2) is 91.2 Å². The van der Waals surface area contributed by atoms with Crippen LogP contribution in [0.3, 0.4) is 0 Å². The van der Waals surface area contributed by atoms with Crippen LogP contribution in [0.1, 0.15) is 22.8 Å². The van der Waals surface area contributed by atoms with Crippen molar-refractivity contribution in [3.8, 4) is 22.6 Å². The van der Waals surface area contributed by atoms with Gasteiger partial charge in [-0.15, -0.1) is 0 Å². The van der Waals surface area contributed by atoms with Gasteiger partial charge in [-0.2, -0.15) is 0 Å². The molecule has 0 aliphatic carbocycles. The third-order valence-electron chi connectivity index (χ3n) is 4.07. The van der Waals surface area contributed by atoms with Gasteiger partial charge in [-0.3, -0.25) is 0 Å². The fourth-order valence-electron chi connectivity index (χ4n) is 2.59. The summed E-state index contributed by atoms with van der Waals surface area (Å²) in [5, 5.41) is 9.01. The molecule has 0 amide bonds. The molecule has 4 nitrogen and oxygen atoms in total. The Labute approximate surface area is 164 Å². The third kappa shape index (κ3) is 4.89. The van der Waals surface area contributed by atoms with Crippen molar-refractivity contribution in [2.45, 2.75) is 6.92 Å². The number of allylic oxidation sites excluding steroid dienone is 5. The van der Waals surface area contributed by atoms with E-state index in [1.807, 2.05) is 73.7 Å². The van der Waals surface area contributed by atoms with Crippen molar-refractivity contribution in [1.29, 1.82) is 0 Å². The third-order valence-corrected chi connectivity index (χ3v) is 4.07. The van der Waals surface area contributed by atoms with Crippen LogP contribution in [0, 0.1) is 0 Å². The van der Waals surface area contributed by atoms with Crippen LogP contribution in [0.4, 0.5) is 0 Å². The van der Waals surface area contributed by atoms with Crippen molar-refractivity contribution in [1.82, 2.24) is 9.97 Å². The first-order valence-corrected chi connectivity index (χ1v) is 8.90. The van der Waals surface area contributed by atoms with E-state index in [1.54, 1.807) is 30.5 Å². The highest BCUT2D eigenvalue weighted by atomic mass is 16.4. The van der Waals surface area contributed by atoms with E-state index < -0.39 is 5.97 Å². The van der Waals surface area contributed by atoms with Gasteiger partial charge in [-0.1, -0.05) is 72.9 Å². The van der Waals surface area contributed by atoms with Crippen LogP contribution in [0.2, 0.25) is 0 Å². The van der Waals surface area contributed by atoms with E-state index in [2.05, 4.69) is 9.97 Å². The second kappa shape index (κ2) is 9.24. The standard InChI is InChI=1S/C24H20N2O2/c1-2-3-4-5-6-7-18-8-10-19(11-9-18)22-16-17-25-23(26-22)20-12-14-21(15-13-20)24(27)28/h2-17H,1H3,(H,27,28)/b3-2-,5-4-,7-6+. The molecular weight excluding hydrogens is 348 g/mol. The van der Waals surface area contributed by atoms with Gasteiger partial charge < -0.3 is 5.11 Å². The molecule has 2 aromatic carbocycles. The molecule has 0 saturated carbocycles. The van der Waals surface area contributed by atoms with Crippen LogP contribution in [0.25, 0.3) is 28.7 Å². The summed E-state index contributed by atoms with van der Waals surface area (Å²) in [7, 11) is 0. The largest absolute Gasteiger partial charge is 0.478 e. The molecule has 3 rings (SSSR count). The maximum atomic E-state index is 11.0. The second-order valence-electron chi connectivity index (χ2n) is 6.04. The van der Waals surface area contributed by atoms with Gasteiger partial charge in [-0.05, 0) is 30.7 Å². The molecule has 0 bridgehead atoms. The van der Waals surface area contributed by atoms with Crippen molar-refractivity contribution in [2.75, 3.05) is 0 Å². The van der Waals surface area contributed by atoms with Gasteiger partial charge in [0, 0.05) is 17.3 Å². The minimum atomic E-state index is -0.951. The molecule has 0 aliphatic heterocycles. The number of hydrogen-bond donors (Lipinski definition) is 1. The van der Waals surface area contributed by atoms with E-state index in [0.29, 0.717) is 5.82 Å². The Balaban J connectivity index is 1.79. The van der Waals surface area contributed by atoms with Gasteiger partial charge in [0.2, 0.25) is 0 Å². The predicted molar refractivity (Wildman–Crippen MR) is 113 cm³/mol. The van der Waals surface area contributed by atoms with E-state index in [9.17, 15) is 4.79 Å². The molecule has 1 N–H and O–H groups in total. The summed E-state index contributed by atoms with van der Waals surface area (Å²) in [6, 6.07) is 16.5. The van der Waals surface area contributed by atoms with Crippen molar-refractivity contribution < 1.29 is 9.90 Å². The lowest BCUT2D eigenvalue weighted by atomic mass is 10.1. The lowest BCUT2D eigenvalue weighted by Crippen LogP contribution is -1.96. The fraction of sp³-hybridized carbons (Fsp3) is 0.0417. The number of hydrogen-bond acceptors (Lipinski definition) is 3. The average Bonchev–Trinajstić information content (AvgIpc) is 2.74. The summed E-state index contributed by atoms with van der Waals surface area (Å²) < 4.78 is 0. The first kappa shape index (κ1) is 19.0. The van der Waals surface area contributed by atoms with E-state index in [-0.39, 0.29) is 5.56 Å². The number of rotatable bonds is 6. The maximum absolute atomic E-state index is 11.0. The Bertz CT molecular complexity index is 1030. The highest BCUT2D eigenvalue weighted by molar-refractivity contribution is 5.88. The molecule has 0 aliphatic rings. The van der Waals surface area contributed by atoms with Gasteiger partial charge in [0.05, 0.1) is 11.3 Å². The van der Waals surface area contributed by atoms with Gasteiger partial charge in [0.1, 0.15) is 0 Å². The smallest absolute Gasteiger partial charge is 0.335 e. The van der Waals surface area contributed by atoms with Crippen LogP contribution in [-0.2, 0) is 0 Å². The van der Waals surface area contributed by atoms with E-state index in [4.69, 9.17) is 5.11 Å². The summed E-state index contributed by atoms with van der Waals surface area (Å²) in [6.07, 6.45) is 13.7. The minimum absolute atomic E-state index is 0.240. The van der Waals surface area contributed by atoms with Crippen LogP contribution >= 0.6 is 0 Å². The molecule has 0 radical (unpaired) electrons. The normalized spacial score (nSPS) is 11.6. The Morgan fingerprint density at radius 1 is 0.857 bits per heavy atom. The SMILES string of the molecule is C\C=C/C=C\C=C\c1ccc(-c2ccnc(-c3ccc(C(=O)O)cc3)n2)cc1. The number of aromatic carboxylic acids is 1. The van der Waals surface area contributed by atoms with Crippen molar-refractivity contribution in [3.05, 3.63) is 102 Å². The molecule has 0 fully saturated rings. The first-order valence-electron chi connectivity index (χ1n) is 8.90. The average molecular weight is 368 g/mol. The van der Waals surface area contributed by atoms with Crippen LogP contribution in [0.5, 0.6) is 0 Å².